The topological polar surface area (TPSA) is 58.6 Å². The molecule has 0 radical (unpaired) electrons. The monoisotopic (exact) mass is 343 g/mol. The van der Waals surface area contributed by atoms with Crippen LogP contribution in [0.5, 0.6) is 5.75 Å². The third-order valence-electron chi connectivity index (χ3n) is 4.38. The van der Waals surface area contributed by atoms with Crippen LogP contribution < -0.4 is 10.1 Å². The largest absolute Gasteiger partial charge is 0.497 e. The number of carbonyl (C=O) groups is 1. The van der Waals surface area contributed by atoms with E-state index in [1.54, 1.807) is 24.5 Å². The lowest BCUT2D eigenvalue weighted by Gasteiger charge is -2.34. The molecule has 1 aromatic carbocycles. The first kappa shape index (κ1) is 16.7. The fraction of sp³-hybridized carbons (Fsp3) is 0.316. The minimum Gasteiger partial charge on any atom is -0.497 e. The average Bonchev–Trinajstić information content (AvgIpc) is 3.11. The Morgan fingerprint density at radius 3 is 3.08 bits per heavy atom. The number of hydrogen-bond acceptors (Lipinski definition) is 4. The van der Waals surface area contributed by atoms with E-state index in [-0.39, 0.29) is 12.5 Å². The van der Waals surface area contributed by atoms with Crippen LogP contribution in [-0.2, 0) is 16.8 Å². The molecule has 1 atom stereocenters. The lowest BCUT2D eigenvalue weighted by Crippen LogP contribution is -2.42. The average molecular weight is 343 g/mol. The Kier molecular flexibility index (Phi) is 5.02. The van der Waals surface area contributed by atoms with E-state index >= 15 is 0 Å². The fourth-order valence-corrected chi connectivity index (χ4v) is 3.71. The number of ether oxygens (including phenoxy) is 1. The Morgan fingerprint density at radius 2 is 2.33 bits per heavy atom. The second-order valence-corrected chi connectivity index (χ2v) is 6.80. The number of hydrogen-bond donors (Lipinski definition) is 2. The van der Waals surface area contributed by atoms with Crippen LogP contribution in [0.3, 0.4) is 0 Å². The summed E-state index contributed by atoms with van der Waals surface area (Å²) < 4.78 is 5.25. The summed E-state index contributed by atoms with van der Waals surface area (Å²) in [4.78, 5) is 12.0. The molecule has 1 aliphatic rings. The summed E-state index contributed by atoms with van der Waals surface area (Å²) in [6, 6.07) is 7.68. The number of rotatable bonds is 5. The van der Waals surface area contributed by atoms with Crippen molar-refractivity contribution in [3.8, 4) is 5.75 Å². The number of carbonyl (C=O) groups excluding carboxylic acids is 1. The van der Waals surface area contributed by atoms with Gasteiger partial charge in [-0.1, -0.05) is 6.07 Å². The van der Waals surface area contributed by atoms with Crippen LogP contribution in [0.15, 0.2) is 41.1 Å². The van der Waals surface area contributed by atoms with Crippen molar-refractivity contribution >= 4 is 23.3 Å². The predicted octanol–water partition coefficient (Wildman–Crippen LogP) is 3.11. The van der Waals surface area contributed by atoms with Gasteiger partial charge in [-0.3, -0.25) is 4.79 Å². The molecule has 0 bridgehead atoms. The molecule has 1 aliphatic carbocycles. The van der Waals surface area contributed by atoms with E-state index in [0.717, 1.165) is 35.3 Å². The summed E-state index contributed by atoms with van der Waals surface area (Å²) in [6.07, 6.45) is 5.72. The highest BCUT2D eigenvalue weighted by molar-refractivity contribution is 7.08. The van der Waals surface area contributed by atoms with Crippen LogP contribution in [-0.4, -0.2) is 24.7 Å². The highest BCUT2D eigenvalue weighted by Gasteiger charge is 2.34. The molecule has 0 fully saturated rings. The van der Waals surface area contributed by atoms with E-state index in [1.807, 2.05) is 35.0 Å². The standard InChI is InChI=1S/C19H21NO3S/c1-23-16-5-6-17-15(11-16)3-2-9-19(17,22)13-20-18(21)7-4-14-8-10-24-12-14/h4-8,10-12,22H,2-3,9,13H2,1H3,(H,20,21)/b7-4+/t19-/m1/s1. The summed E-state index contributed by atoms with van der Waals surface area (Å²) in [5.41, 5.74) is 1.96. The molecule has 1 heterocycles. The van der Waals surface area contributed by atoms with Crippen molar-refractivity contribution in [2.45, 2.75) is 24.9 Å². The second kappa shape index (κ2) is 7.20. The van der Waals surface area contributed by atoms with Crippen molar-refractivity contribution in [2.75, 3.05) is 13.7 Å². The lowest BCUT2D eigenvalue weighted by molar-refractivity contribution is -0.118. The summed E-state index contributed by atoms with van der Waals surface area (Å²) in [7, 11) is 1.64. The van der Waals surface area contributed by atoms with Crippen LogP contribution in [0.2, 0.25) is 0 Å². The first-order chi connectivity index (χ1) is 11.6. The summed E-state index contributed by atoms with van der Waals surface area (Å²) in [5.74, 6) is 0.594. The molecule has 4 nitrogen and oxygen atoms in total. The van der Waals surface area contributed by atoms with Gasteiger partial charge in [-0.15, -0.1) is 0 Å². The zero-order valence-corrected chi connectivity index (χ0v) is 14.4. The number of amides is 1. The third-order valence-corrected chi connectivity index (χ3v) is 5.08. The van der Waals surface area contributed by atoms with Gasteiger partial charge in [0.05, 0.1) is 13.7 Å². The molecule has 2 aromatic rings. The fourth-order valence-electron chi connectivity index (χ4n) is 3.08. The van der Waals surface area contributed by atoms with E-state index in [1.165, 1.54) is 6.08 Å². The van der Waals surface area contributed by atoms with Crippen molar-refractivity contribution in [3.05, 3.63) is 57.8 Å². The molecule has 0 unspecified atom stereocenters. The van der Waals surface area contributed by atoms with Crippen molar-refractivity contribution in [3.63, 3.8) is 0 Å². The molecule has 3 rings (SSSR count). The van der Waals surface area contributed by atoms with Crippen LogP contribution >= 0.6 is 11.3 Å². The van der Waals surface area contributed by atoms with Gasteiger partial charge < -0.3 is 15.2 Å². The minimum atomic E-state index is -1.02. The molecule has 1 amide bonds. The molecule has 5 heteroatoms. The Hall–Kier alpha value is -2.11. The highest BCUT2D eigenvalue weighted by atomic mass is 32.1. The number of aryl methyl sites for hydroxylation is 1. The molecule has 0 aliphatic heterocycles. The molecule has 0 saturated carbocycles. The molecular formula is C19H21NO3S. The molecule has 1 aromatic heterocycles. The van der Waals surface area contributed by atoms with Gasteiger partial charge in [0.2, 0.25) is 5.91 Å². The first-order valence-corrected chi connectivity index (χ1v) is 8.93. The minimum absolute atomic E-state index is 0.199. The third kappa shape index (κ3) is 3.68. The van der Waals surface area contributed by atoms with Crippen molar-refractivity contribution in [1.29, 1.82) is 0 Å². The van der Waals surface area contributed by atoms with Gasteiger partial charge in [0, 0.05) is 6.08 Å². The van der Waals surface area contributed by atoms with Gasteiger partial charge in [-0.05, 0) is 71.0 Å². The van der Waals surface area contributed by atoms with Gasteiger partial charge >= 0.3 is 0 Å². The van der Waals surface area contributed by atoms with Crippen LogP contribution in [0.1, 0.15) is 29.5 Å². The number of aliphatic hydroxyl groups is 1. The van der Waals surface area contributed by atoms with E-state index < -0.39 is 5.60 Å². The molecular weight excluding hydrogens is 322 g/mol. The van der Waals surface area contributed by atoms with Crippen LogP contribution in [0.25, 0.3) is 6.08 Å². The molecule has 24 heavy (non-hydrogen) atoms. The normalized spacial score (nSPS) is 19.9. The van der Waals surface area contributed by atoms with Crippen molar-refractivity contribution in [1.82, 2.24) is 5.32 Å². The maximum absolute atomic E-state index is 12.0. The van der Waals surface area contributed by atoms with Gasteiger partial charge in [-0.2, -0.15) is 11.3 Å². The van der Waals surface area contributed by atoms with Gasteiger partial charge in [0.1, 0.15) is 11.4 Å². The lowest BCUT2D eigenvalue weighted by atomic mass is 9.79. The van der Waals surface area contributed by atoms with E-state index in [9.17, 15) is 9.90 Å². The van der Waals surface area contributed by atoms with E-state index in [0.29, 0.717) is 6.42 Å². The Bertz CT molecular complexity index is 739. The number of methoxy groups -OCH3 is 1. The molecule has 0 spiro atoms. The number of thiophene rings is 1. The molecule has 126 valence electrons. The Balaban J connectivity index is 1.68. The van der Waals surface area contributed by atoms with Crippen LogP contribution in [0.4, 0.5) is 0 Å². The molecule has 2 N–H and O–H groups in total. The van der Waals surface area contributed by atoms with Crippen LogP contribution in [0, 0.1) is 0 Å². The van der Waals surface area contributed by atoms with Gasteiger partial charge in [-0.25, -0.2) is 0 Å². The second-order valence-electron chi connectivity index (χ2n) is 6.02. The smallest absolute Gasteiger partial charge is 0.244 e. The first-order valence-electron chi connectivity index (χ1n) is 7.99. The summed E-state index contributed by atoms with van der Waals surface area (Å²) in [6.45, 7) is 0.207. The quantitative estimate of drug-likeness (QED) is 0.820. The zero-order valence-electron chi connectivity index (χ0n) is 13.6. The van der Waals surface area contributed by atoms with E-state index in [2.05, 4.69) is 5.32 Å². The predicted molar refractivity (Wildman–Crippen MR) is 96.2 cm³/mol. The zero-order chi connectivity index (χ0) is 17.0. The van der Waals surface area contributed by atoms with E-state index in [4.69, 9.17) is 4.74 Å². The number of benzene rings is 1. The van der Waals surface area contributed by atoms with Gasteiger partial charge in [0.15, 0.2) is 0 Å². The summed E-state index contributed by atoms with van der Waals surface area (Å²) in [5, 5.41) is 17.8. The van der Waals surface area contributed by atoms with Crippen molar-refractivity contribution in [2.24, 2.45) is 0 Å². The maximum Gasteiger partial charge on any atom is 0.244 e. The summed E-state index contributed by atoms with van der Waals surface area (Å²) >= 11 is 1.59. The highest BCUT2D eigenvalue weighted by Crippen LogP contribution is 2.36. The van der Waals surface area contributed by atoms with Gasteiger partial charge in [0.25, 0.3) is 0 Å². The Labute approximate surface area is 145 Å². The number of fused-ring (bicyclic) bond motifs is 1. The SMILES string of the molecule is COc1ccc2c(c1)CCC[C@@]2(O)CNC(=O)/C=C/c1ccsc1. The Morgan fingerprint density at radius 1 is 1.46 bits per heavy atom. The number of nitrogens with one attached hydrogen (secondary N) is 1. The molecule has 0 saturated heterocycles. The van der Waals surface area contributed by atoms with Crippen molar-refractivity contribution < 1.29 is 14.6 Å². The maximum atomic E-state index is 12.0.